The molecule has 2 rings (SSSR count). The average Bonchev–Trinajstić information content (AvgIpc) is 3.29. The third-order valence-corrected chi connectivity index (χ3v) is 3.88. The first kappa shape index (κ1) is 19.2. The van der Waals surface area contributed by atoms with Gasteiger partial charge in [0, 0.05) is 25.2 Å². The lowest BCUT2D eigenvalue weighted by Crippen LogP contribution is -2.37. The molecule has 0 aromatic heterocycles. The molecule has 0 bridgehead atoms. The van der Waals surface area contributed by atoms with Crippen LogP contribution in [0.2, 0.25) is 0 Å². The lowest BCUT2D eigenvalue weighted by atomic mass is 10.1. The van der Waals surface area contributed by atoms with Crippen molar-refractivity contribution >= 4 is 29.9 Å². The molecule has 0 amide bonds. The van der Waals surface area contributed by atoms with E-state index in [0.29, 0.717) is 12.0 Å². The predicted molar refractivity (Wildman–Crippen MR) is 105 cm³/mol. The zero-order chi connectivity index (χ0) is 15.1. The van der Waals surface area contributed by atoms with Crippen LogP contribution < -0.4 is 11.1 Å². The van der Waals surface area contributed by atoms with Gasteiger partial charge in [-0.25, -0.2) is 0 Å². The molecule has 0 atom stereocenters. The van der Waals surface area contributed by atoms with Crippen molar-refractivity contribution in [3.63, 3.8) is 0 Å². The molecule has 4 nitrogen and oxygen atoms in total. The molecular weight excluding hydrogens is 387 g/mol. The molecule has 1 aromatic carbocycles. The van der Waals surface area contributed by atoms with E-state index < -0.39 is 0 Å². The van der Waals surface area contributed by atoms with Crippen LogP contribution in [0.25, 0.3) is 0 Å². The fourth-order valence-electron chi connectivity index (χ4n) is 2.59. The van der Waals surface area contributed by atoms with Crippen LogP contribution in [-0.4, -0.2) is 42.6 Å². The Morgan fingerprint density at radius 2 is 2.00 bits per heavy atom. The Bertz CT molecular complexity index is 441. The Balaban J connectivity index is 0.00000242. The maximum atomic E-state index is 5.91. The maximum Gasteiger partial charge on any atom is 0.188 e. The summed E-state index contributed by atoms with van der Waals surface area (Å²) in [4.78, 5) is 6.96. The summed E-state index contributed by atoms with van der Waals surface area (Å²) in [6, 6.07) is 11.8. The second-order valence-corrected chi connectivity index (χ2v) is 5.99. The quantitative estimate of drug-likeness (QED) is 0.389. The molecule has 0 spiro atoms. The molecule has 1 fully saturated rings. The van der Waals surface area contributed by atoms with Gasteiger partial charge in [-0.1, -0.05) is 30.3 Å². The molecule has 1 aliphatic rings. The molecule has 3 N–H and O–H groups in total. The van der Waals surface area contributed by atoms with Crippen LogP contribution >= 0.6 is 24.0 Å². The van der Waals surface area contributed by atoms with Gasteiger partial charge < -0.3 is 11.1 Å². The van der Waals surface area contributed by atoms with E-state index >= 15 is 0 Å². The summed E-state index contributed by atoms with van der Waals surface area (Å²) in [5.41, 5.74) is 7.23. The highest BCUT2D eigenvalue weighted by atomic mass is 127. The summed E-state index contributed by atoms with van der Waals surface area (Å²) in [5, 5.41) is 3.19. The van der Waals surface area contributed by atoms with Crippen LogP contribution in [0.5, 0.6) is 0 Å². The number of hydrogen-bond acceptors (Lipinski definition) is 2. The molecule has 0 aliphatic heterocycles. The van der Waals surface area contributed by atoms with Gasteiger partial charge in [0.2, 0.25) is 0 Å². The Morgan fingerprint density at radius 1 is 1.32 bits per heavy atom. The highest BCUT2D eigenvalue weighted by Gasteiger charge is 2.29. The van der Waals surface area contributed by atoms with E-state index in [0.717, 1.165) is 32.1 Å². The van der Waals surface area contributed by atoms with Crippen LogP contribution in [0.15, 0.2) is 35.3 Å². The third kappa shape index (κ3) is 6.96. The van der Waals surface area contributed by atoms with Crippen molar-refractivity contribution in [3.05, 3.63) is 35.9 Å². The van der Waals surface area contributed by atoms with Crippen molar-refractivity contribution in [2.24, 2.45) is 10.7 Å². The number of guanidine groups is 1. The van der Waals surface area contributed by atoms with Crippen molar-refractivity contribution in [3.8, 4) is 0 Å². The summed E-state index contributed by atoms with van der Waals surface area (Å²) in [5.74, 6) is 0.561. The molecule has 124 valence electrons. The molecule has 5 heteroatoms. The van der Waals surface area contributed by atoms with E-state index in [9.17, 15) is 0 Å². The minimum Gasteiger partial charge on any atom is -0.370 e. The zero-order valence-corrected chi connectivity index (χ0v) is 16.0. The van der Waals surface area contributed by atoms with Gasteiger partial charge in [-0.3, -0.25) is 9.89 Å². The number of nitrogens with zero attached hydrogens (tertiary/aromatic N) is 2. The van der Waals surface area contributed by atoms with Gasteiger partial charge in [0.05, 0.1) is 6.54 Å². The van der Waals surface area contributed by atoms with E-state index in [-0.39, 0.29) is 24.0 Å². The third-order valence-electron chi connectivity index (χ3n) is 3.88. The second kappa shape index (κ2) is 10.0. The molecule has 1 saturated carbocycles. The van der Waals surface area contributed by atoms with E-state index in [1.54, 1.807) is 0 Å². The minimum absolute atomic E-state index is 0. The SMILES string of the molecule is CC(C)N(CCN=C(N)NCCc1ccccc1)C1CC1.I. The predicted octanol–water partition coefficient (Wildman–Crippen LogP) is 2.62. The van der Waals surface area contributed by atoms with Crippen LogP contribution in [0, 0.1) is 0 Å². The molecule has 1 aromatic rings. The largest absolute Gasteiger partial charge is 0.370 e. The summed E-state index contributed by atoms with van der Waals surface area (Å²) < 4.78 is 0. The standard InChI is InChI=1S/C17H28N4.HI/c1-14(2)21(16-8-9-16)13-12-20-17(18)19-11-10-15-6-4-3-5-7-15;/h3-7,14,16H,8-13H2,1-2H3,(H3,18,19,20);1H. The van der Waals surface area contributed by atoms with Crippen LogP contribution in [0.3, 0.4) is 0 Å². The first-order chi connectivity index (χ1) is 10.2. The number of halogens is 1. The highest BCUT2D eigenvalue weighted by Crippen LogP contribution is 2.28. The van der Waals surface area contributed by atoms with Gasteiger partial charge in [0.1, 0.15) is 0 Å². The lowest BCUT2D eigenvalue weighted by Gasteiger charge is -2.25. The number of nitrogens with two attached hydrogens (primary N) is 1. The smallest absolute Gasteiger partial charge is 0.188 e. The number of nitrogens with one attached hydrogen (secondary N) is 1. The zero-order valence-electron chi connectivity index (χ0n) is 13.7. The molecule has 0 heterocycles. The van der Waals surface area contributed by atoms with Gasteiger partial charge in [0.15, 0.2) is 5.96 Å². The first-order valence-electron chi connectivity index (χ1n) is 8.00. The number of hydrogen-bond donors (Lipinski definition) is 2. The van der Waals surface area contributed by atoms with Crippen molar-refractivity contribution in [2.45, 2.75) is 45.2 Å². The Kier molecular flexibility index (Phi) is 8.78. The van der Waals surface area contributed by atoms with E-state index in [1.807, 2.05) is 6.07 Å². The summed E-state index contributed by atoms with van der Waals surface area (Å²) in [6.45, 7) is 7.12. The van der Waals surface area contributed by atoms with Crippen molar-refractivity contribution in [1.29, 1.82) is 0 Å². The molecule has 22 heavy (non-hydrogen) atoms. The maximum absolute atomic E-state index is 5.91. The van der Waals surface area contributed by atoms with Crippen molar-refractivity contribution in [1.82, 2.24) is 10.2 Å². The van der Waals surface area contributed by atoms with Crippen molar-refractivity contribution < 1.29 is 0 Å². The average molecular weight is 416 g/mol. The Labute approximate surface area is 151 Å². The normalized spacial score (nSPS) is 15.0. The molecule has 0 saturated heterocycles. The number of rotatable bonds is 8. The highest BCUT2D eigenvalue weighted by molar-refractivity contribution is 14.0. The van der Waals surface area contributed by atoms with Gasteiger partial charge >= 0.3 is 0 Å². The van der Waals surface area contributed by atoms with E-state index in [2.05, 4.69) is 53.3 Å². The van der Waals surface area contributed by atoms with Gasteiger partial charge in [-0.15, -0.1) is 24.0 Å². The topological polar surface area (TPSA) is 53.6 Å². The first-order valence-corrected chi connectivity index (χ1v) is 8.00. The van der Waals surface area contributed by atoms with E-state index in [4.69, 9.17) is 5.73 Å². The summed E-state index contributed by atoms with van der Waals surface area (Å²) >= 11 is 0. The lowest BCUT2D eigenvalue weighted by molar-refractivity contribution is 0.218. The molecule has 1 aliphatic carbocycles. The van der Waals surface area contributed by atoms with Gasteiger partial charge in [0.25, 0.3) is 0 Å². The monoisotopic (exact) mass is 416 g/mol. The van der Waals surface area contributed by atoms with Crippen LogP contribution in [0.4, 0.5) is 0 Å². The van der Waals surface area contributed by atoms with Gasteiger partial charge in [-0.2, -0.15) is 0 Å². The van der Waals surface area contributed by atoms with E-state index in [1.165, 1.54) is 18.4 Å². The summed E-state index contributed by atoms with van der Waals surface area (Å²) in [6.07, 6.45) is 3.65. The Morgan fingerprint density at radius 3 is 2.59 bits per heavy atom. The number of aliphatic imine (C=N–C) groups is 1. The van der Waals surface area contributed by atoms with Crippen LogP contribution in [-0.2, 0) is 6.42 Å². The minimum atomic E-state index is 0. The fraction of sp³-hybridized carbons (Fsp3) is 0.588. The van der Waals surface area contributed by atoms with Gasteiger partial charge in [-0.05, 0) is 38.7 Å². The molecule has 0 radical (unpaired) electrons. The van der Waals surface area contributed by atoms with Crippen LogP contribution in [0.1, 0.15) is 32.3 Å². The number of benzene rings is 1. The second-order valence-electron chi connectivity index (χ2n) is 5.99. The van der Waals surface area contributed by atoms with Crippen molar-refractivity contribution in [2.75, 3.05) is 19.6 Å². The molecule has 0 unspecified atom stereocenters. The fourth-order valence-corrected chi connectivity index (χ4v) is 2.59. The molecular formula is C17H29IN4. The summed E-state index contributed by atoms with van der Waals surface area (Å²) in [7, 11) is 0. The Hall–Kier alpha value is -0.820.